The second kappa shape index (κ2) is 6.38. The summed E-state index contributed by atoms with van der Waals surface area (Å²) in [6.07, 6.45) is 2.62. The predicted octanol–water partition coefficient (Wildman–Crippen LogP) is 2.42. The summed E-state index contributed by atoms with van der Waals surface area (Å²) >= 11 is 3.39. The van der Waals surface area contributed by atoms with Crippen LogP contribution in [0.2, 0.25) is 0 Å². The molecule has 1 aromatic carbocycles. The van der Waals surface area contributed by atoms with Crippen molar-refractivity contribution in [3.05, 3.63) is 28.2 Å². The lowest BCUT2D eigenvalue weighted by Crippen LogP contribution is -2.25. The second-order valence-corrected chi connectivity index (χ2v) is 5.16. The van der Waals surface area contributed by atoms with Gasteiger partial charge in [0, 0.05) is 11.0 Å². The Morgan fingerprint density at radius 3 is 2.76 bits per heavy atom. The molecule has 94 valence electrons. The lowest BCUT2D eigenvalue weighted by Gasteiger charge is -2.15. The van der Waals surface area contributed by atoms with E-state index in [2.05, 4.69) is 20.8 Å². The first-order valence-electron chi connectivity index (χ1n) is 6.04. The van der Waals surface area contributed by atoms with Gasteiger partial charge in [-0.05, 0) is 49.7 Å². The zero-order chi connectivity index (χ0) is 12.1. The van der Waals surface area contributed by atoms with Crippen molar-refractivity contribution in [3.8, 4) is 5.75 Å². The minimum absolute atomic E-state index is 0.0317. The van der Waals surface area contributed by atoms with Crippen molar-refractivity contribution in [2.45, 2.75) is 19.4 Å². The van der Waals surface area contributed by atoms with E-state index in [0.717, 1.165) is 22.3 Å². The number of aliphatic hydroxyl groups is 1. The van der Waals surface area contributed by atoms with Gasteiger partial charge in [-0.2, -0.15) is 0 Å². The highest BCUT2D eigenvalue weighted by Crippen LogP contribution is 2.22. The van der Waals surface area contributed by atoms with Crippen LogP contribution in [0.3, 0.4) is 0 Å². The summed E-state index contributed by atoms with van der Waals surface area (Å²) < 4.78 is 6.61. The molecule has 0 amide bonds. The Morgan fingerprint density at radius 2 is 2.06 bits per heavy atom. The van der Waals surface area contributed by atoms with Crippen LogP contribution in [0.5, 0.6) is 5.75 Å². The molecule has 0 aromatic heterocycles. The molecule has 1 aliphatic rings. The maximum Gasteiger partial charge on any atom is 0.119 e. The minimum atomic E-state index is 0.0317. The van der Waals surface area contributed by atoms with Crippen LogP contribution in [0.4, 0.5) is 0 Å². The Hall–Kier alpha value is -0.580. The molecule has 3 nitrogen and oxygen atoms in total. The molecule has 1 saturated heterocycles. The van der Waals surface area contributed by atoms with Gasteiger partial charge in [-0.25, -0.2) is 0 Å². The topological polar surface area (TPSA) is 32.7 Å². The number of hydrogen-bond donors (Lipinski definition) is 1. The molecule has 0 unspecified atom stereocenters. The fraction of sp³-hybridized carbons (Fsp3) is 0.538. The highest BCUT2D eigenvalue weighted by molar-refractivity contribution is 9.10. The molecule has 0 atom stereocenters. The van der Waals surface area contributed by atoms with Crippen LogP contribution in [-0.4, -0.2) is 36.2 Å². The number of ether oxygens (including phenoxy) is 1. The molecule has 1 aromatic rings. The van der Waals surface area contributed by atoms with Gasteiger partial charge in [0.15, 0.2) is 0 Å². The molecule has 0 bridgehead atoms. The van der Waals surface area contributed by atoms with Crippen LogP contribution >= 0.6 is 15.9 Å². The van der Waals surface area contributed by atoms with Crippen molar-refractivity contribution >= 4 is 15.9 Å². The molecule has 1 aliphatic heterocycles. The largest absolute Gasteiger partial charge is 0.492 e. The van der Waals surface area contributed by atoms with Gasteiger partial charge in [0.2, 0.25) is 0 Å². The summed E-state index contributed by atoms with van der Waals surface area (Å²) in [4.78, 5) is 2.42. The van der Waals surface area contributed by atoms with Crippen molar-refractivity contribution in [2.75, 3.05) is 26.2 Å². The first kappa shape index (κ1) is 12.9. The third kappa shape index (κ3) is 3.69. The van der Waals surface area contributed by atoms with Gasteiger partial charge in [-0.15, -0.1) is 0 Å². The summed E-state index contributed by atoms with van der Waals surface area (Å²) in [5.74, 6) is 0.830. The Labute approximate surface area is 111 Å². The smallest absolute Gasteiger partial charge is 0.119 e. The van der Waals surface area contributed by atoms with E-state index in [-0.39, 0.29) is 6.61 Å². The molecule has 1 heterocycles. The summed E-state index contributed by atoms with van der Waals surface area (Å²) in [6, 6.07) is 5.72. The van der Waals surface area contributed by atoms with E-state index < -0.39 is 0 Å². The fourth-order valence-corrected chi connectivity index (χ4v) is 2.43. The average molecular weight is 300 g/mol. The Morgan fingerprint density at radius 1 is 1.29 bits per heavy atom. The predicted molar refractivity (Wildman–Crippen MR) is 71.2 cm³/mol. The number of aliphatic hydroxyl groups excluding tert-OH is 1. The summed E-state index contributed by atoms with van der Waals surface area (Å²) in [5, 5.41) is 9.15. The Kier molecular flexibility index (Phi) is 4.83. The van der Waals surface area contributed by atoms with Gasteiger partial charge < -0.3 is 9.84 Å². The summed E-state index contributed by atoms with van der Waals surface area (Å²) in [5.41, 5.74) is 0.865. The number of nitrogens with zero attached hydrogens (tertiary/aromatic N) is 1. The number of hydrogen-bond acceptors (Lipinski definition) is 3. The molecule has 0 radical (unpaired) electrons. The van der Waals surface area contributed by atoms with E-state index in [9.17, 15) is 0 Å². The third-order valence-corrected chi connectivity index (χ3v) is 3.84. The normalized spacial score (nSPS) is 16.4. The molecule has 2 rings (SSSR count). The van der Waals surface area contributed by atoms with E-state index in [0.29, 0.717) is 6.61 Å². The van der Waals surface area contributed by atoms with Gasteiger partial charge >= 0.3 is 0 Å². The maximum atomic E-state index is 9.15. The van der Waals surface area contributed by atoms with E-state index in [1.54, 1.807) is 0 Å². The molecule has 0 spiro atoms. The second-order valence-electron chi connectivity index (χ2n) is 4.31. The highest BCUT2D eigenvalue weighted by Gasteiger charge is 2.10. The van der Waals surface area contributed by atoms with E-state index >= 15 is 0 Å². The SMILES string of the molecule is OCc1cc(OCCN2CCCC2)ccc1Br. The summed E-state index contributed by atoms with van der Waals surface area (Å²) in [7, 11) is 0. The molecule has 1 N–H and O–H groups in total. The lowest BCUT2D eigenvalue weighted by molar-refractivity contribution is 0.236. The van der Waals surface area contributed by atoms with Crippen LogP contribution in [-0.2, 0) is 6.61 Å². The van der Waals surface area contributed by atoms with Gasteiger partial charge in [0.25, 0.3) is 0 Å². The first-order chi connectivity index (χ1) is 8.29. The van der Waals surface area contributed by atoms with Crippen molar-refractivity contribution in [3.63, 3.8) is 0 Å². The van der Waals surface area contributed by atoms with Crippen molar-refractivity contribution < 1.29 is 9.84 Å². The van der Waals surface area contributed by atoms with E-state index in [1.165, 1.54) is 25.9 Å². The van der Waals surface area contributed by atoms with Gasteiger partial charge in [-0.3, -0.25) is 4.90 Å². The molecule has 0 aliphatic carbocycles. The Bertz CT molecular complexity index is 364. The van der Waals surface area contributed by atoms with Crippen molar-refractivity contribution in [1.82, 2.24) is 4.90 Å². The Balaban J connectivity index is 1.81. The average Bonchev–Trinajstić information content (AvgIpc) is 2.84. The molecule has 1 fully saturated rings. The molecular weight excluding hydrogens is 282 g/mol. The highest BCUT2D eigenvalue weighted by atomic mass is 79.9. The number of halogens is 1. The molecule has 0 saturated carbocycles. The van der Waals surface area contributed by atoms with Crippen LogP contribution < -0.4 is 4.74 Å². The fourth-order valence-electron chi connectivity index (χ4n) is 2.06. The van der Waals surface area contributed by atoms with Crippen LogP contribution in [0.1, 0.15) is 18.4 Å². The van der Waals surface area contributed by atoms with Crippen molar-refractivity contribution in [1.29, 1.82) is 0 Å². The standard InChI is InChI=1S/C13H18BrNO2/c14-13-4-3-12(9-11(13)10-16)17-8-7-15-5-1-2-6-15/h3-4,9,16H,1-2,5-8,10H2. The van der Waals surface area contributed by atoms with E-state index in [1.807, 2.05) is 18.2 Å². The van der Waals surface area contributed by atoms with Crippen LogP contribution in [0, 0.1) is 0 Å². The molecule has 4 heteroatoms. The number of benzene rings is 1. The lowest BCUT2D eigenvalue weighted by atomic mass is 10.2. The molecule has 17 heavy (non-hydrogen) atoms. The zero-order valence-electron chi connectivity index (χ0n) is 9.86. The van der Waals surface area contributed by atoms with Crippen LogP contribution in [0.15, 0.2) is 22.7 Å². The van der Waals surface area contributed by atoms with E-state index in [4.69, 9.17) is 9.84 Å². The summed E-state index contributed by atoms with van der Waals surface area (Å²) in [6.45, 7) is 4.14. The van der Waals surface area contributed by atoms with Crippen molar-refractivity contribution in [2.24, 2.45) is 0 Å². The minimum Gasteiger partial charge on any atom is -0.492 e. The quantitative estimate of drug-likeness (QED) is 0.906. The number of rotatable bonds is 5. The van der Waals surface area contributed by atoms with Crippen LogP contribution in [0.25, 0.3) is 0 Å². The molecular formula is C13H18BrNO2. The number of likely N-dealkylation sites (tertiary alicyclic amines) is 1. The zero-order valence-corrected chi connectivity index (χ0v) is 11.4. The monoisotopic (exact) mass is 299 g/mol. The third-order valence-electron chi connectivity index (χ3n) is 3.06. The first-order valence-corrected chi connectivity index (χ1v) is 6.83. The van der Waals surface area contributed by atoms with Gasteiger partial charge in [-0.1, -0.05) is 15.9 Å². The van der Waals surface area contributed by atoms with Gasteiger partial charge in [0.05, 0.1) is 6.61 Å². The van der Waals surface area contributed by atoms with Gasteiger partial charge in [0.1, 0.15) is 12.4 Å². The maximum absolute atomic E-state index is 9.15.